The van der Waals surface area contributed by atoms with Crippen LogP contribution in [-0.2, 0) is 9.53 Å². The standard InChI is InChI=1S/C27H26N4O4/c1-4-34-20-13-10-19(11-14-20)12-15-25(32)30-26-22(27(33)35-5-2)17-28-31(26)24-16-18(3)21-8-6-7-9-23(21)29-24/h6-17H,4-5H2,1-3H3,(H,30,32)/b15-12+. The Bertz CT molecular complexity index is 1390. The molecule has 0 unspecified atom stereocenters. The number of amides is 1. The Morgan fingerprint density at radius 3 is 2.57 bits per heavy atom. The molecule has 8 heteroatoms. The summed E-state index contributed by atoms with van der Waals surface area (Å²) >= 11 is 0. The minimum Gasteiger partial charge on any atom is -0.494 e. The van der Waals surface area contributed by atoms with Crippen molar-refractivity contribution in [1.29, 1.82) is 0 Å². The van der Waals surface area contributed by atoms with E-state index in [4.69, 9.17) is 9.47 Å². The summed E-state index contributed by atoms with van der Waals surface area (Å²) in [5.41, 5.74) is 2.74. The van der Waals surface area contributed by atoms with Gasteiger partial charge in [-0.15, -0.1) is 0 Å². The topological polar surface area (TPSA) is 95.3 Å². The molecule has 2 aromatic heterocycles. The average molecular weight is 471 g/mol. The number of pyridine rings is 1. The molecular weight excluding hydrogens is 444 g/mol. The van der Waals surface area contributed by atoms with Gasteiger partial charge in [0, 0.05) is 11.5 Å². The van der Waals surface area contributed by atoms with E-state index in [9.17, 15) is 9.59 Å². The van der Waals surface area contributed by atoms with Crippen LogP contribution in [0.2, 0.25) is 0 Å². The van der Waals surface area contributed by atoms with Crippen LogP contribution >= 0.6 is 0 Å². The summed E-state index contributed by atoms with van der Waals surface area (Å²) in [6.45, 7) is 6.39. The molecule has 0 atom stereocenters. The third-order valence-corrected chi connectivity index (χ3v) is 5.25. The van der Waals surface area contributed by atoms with Crippen molar-refractivity contribution in [2.75, 3.05) is 18.5 Å². The van der Waals surface area contributed by atoms with E-state index in [2.05, 4.69) is 15.4 Å². The lowest BCUT2D eigenvalue weighted by molar-refractivity contribution is -0.111. The van der Waals surface area contributed by atoms with Crippen LogP contribution in [0.1, 0.15) is 35.3 Å². The van der Waals surface area contributed by atoms with Gasteiger partial charge >= 0.3 is 5.97 Å². The van der Waals surface area contributed by atoms with Crippen LogP contribution < -0.4 is 10.1 Å². The van der Waals surface area contributed by atoms with Gasteiger partial charge in [-0.3, -0.25) is 4.79 Å². The van der Waals surface area contributed by atoms with Crippen molar-refractivity contribution in [2.45, 2.75) is 20.8 Å². The Hall–Kier alpha value is -4.46. The predicted octanol–water partition coefficient (Wildman–Crippen LogP) is 4.96. The highest BCUT2D eigenvalue weighted by molar-refractivity contribution is 6.05. The number of anilines is 1. The number of nitrogens with one attached hydrogen (secondary N) is 1. The summed E-state index contributed by atoms with van der Waals surface area (Å²) < 4.78 is 12.0. The molecule has 4 rings (SSSR count). The predicted molar refractivity (Wildman–Crippen MR) is 135 cm³/mol. The van der Waals surface area contributed by atoms with Crippen molar-refractivity contribution in [3.63, 3.8) is 0 Å². The van der Waals surface area contributed by atoms with E-state index >= 15 is 0 Å². The molecule has 178 valence electrons. The normalized spacial score (nSPS) is 11.1. The van der Waals surface area contributed by atoms with E-state index < -0.39 is 11.9 Å². The molecule has 8 nitrogen and oxygen atoms in total. The van der Waals surface area contributed by atoms with E-state index in [1.807, 2.05) is 68.4 Å². The molecule has 0 aliphatic heterocycles. The number of benzene rings is 2. The van der Waals surface area contributed by atoms with Crippen LogP contribution in [0.4, 0.5) is 5.82 Å². The van der Waals surface area contributed by atoms with Gasteiger partial charge in [-0.2, -0.15) is 9.78 Å². The monoisotopic (exact) mass is 470 g/mol. The quantitative estimate of drug-likeness (QED) is 0.289. The fraction of sp³-hybridized carbons (Fsp3) is 0.185. The zero-order valence-electron chi connectivity index (χ0n) is 19.8. The Kier molecular flexibility index (Phi) is 7.21. The molecule has 0 saturated carbocycles. The minimum absolute atomic E-state index is 0.141. The first-order chi connectivity index (χ1) is 17.0. The van der Waals surface area contributed by atoms with Crippen LogP contribution in [0.5, 0.6) is 5.75 Å². The number of ether oxygens (including phenoxy) is 2. The first-order valence-electron chi connectivity index (χ1n) is 11.3. The van der Waals surface area contributed by atoms with Gasteiger partial charge in [-0.25, -0.2) is 9.78 Å². The molecule has 1 amide bonds. The van der Waals surface area contributed by atoms with Crippen molar-refractivity contribution in [3.05, 3.63) is 83.6 Å². The van der Waals surface area contributed by atoms with Gasteiger partial charge in [0.15, 0.2) is 11.6 Å². The number of hydrogen-bond acceptors (Lipinski definition) is 6. The maximum Gasteiger partial charge on any atom is 0.343 e. The third-order valence-electron chi connectivity index (χ3n) is 5.25. The number of aryl methyl sites for hydroxylation is 1. The molecule has 1 N–H and O–H groups in total. The molecular formula is C27H26N4O4. The SMILES string of the molecule is CCOC(=O)c1cnn(-c2cc(C)c3ccccc3n2)c1NC(=O)/C=C/c1ccc(OCC)cc1. The summed E-state index contributed by atoms with van der Waals surface area (Å²) in [4.78, 5) is 30.0. The molecule has 0 aliphatic carbocycles. The number of aromatic nitrogens is 3. The fourth-order valence-corrected chi connectivity index (χ4v) is 3.61. The fourth-order valence-electron chi connectivity index (χ4n) is 3.61. The van der Waals surface area contributed by atoms with E-state index in [0.29, 0.717) is 12.4 Å². The van der Waals surface area contributed by atoms with Crippen molar-refractivity contribution >= 4 is 34.7 Å². The molecule has 2 heterocycles. The van der Waals surface area contributed by atoms with Gasteiger partial charge in [-0.1, -0.05) is 30.3 Å². The number of rotatable bonds is 8. The number of nitrogens with zero attached hydrogens (tertiary/aromatic N) is 3. The van der Waals surface area contributed by atoms with Crippen LogP contribution in [-0.4, -0.2) is 39.9 Å². The smallest absolute Gasteiger partial charge is 0.343 e. The highest BCUT2D eigenvalue weighted by Crippen LogP contribution is 2.24. The van der Waals surface area contributed by atoms with E-state index in [1.165, 1.54) is 17.0 Å². The maximum absolute atomic E-state index is 12.8. The largest absolute Gasteiger partial charge is 0.494 e. The van der Waals surface area contributed by atoms with E-state index in [1.54, 1.807) is 13.0 Å². The summed E-state index contributed by atoms with van der Waals surface area (Å²) in [5, 5.41) is 8.12. The van der Waals surface area contributed by atoms with Crippen LogP contribution in [0, 0.1) is 6.92 Å². The zero-order valence-corrected chi connectivity index (χ0v) is 19.8. The highest BCUT2D eigenvalue weighted by atomic mass is 16.5. The molecule has 0 bridgehead atoms. The molecule has 0 saturated heterocycles. The molecule has 0 radical (unpaired) electrons. The van der Waals surface area contributed by atoms with Crippen LogP contribution in [0.25, 0.3) is 22.8 Å². The molecule has 0 spiro atoms. The first kappa shape index (κ1) is 23.7. The van der Waals surface area contributed by atoms with Gasteiger partial charge in [0.05, 0.1) is 24.9 Å². The van der Waals surface area contributed by atoms with Gasteiger partial charge in [0.1, 0.15) is 11.3 Å². The number of carbonyl (C=O) groups is 2. The molecule has 35 heavy (non-hydrogen) atoms. The Morgan fingerprint density at radius 2 is 1.83 bits per heavy atom. The van der Waals surface area contributed by atoms with Crippen molar-refractivity contribution in [1.82, 2.24) is 14.8 Å². The zero-order chi connectivity index (χ0) is 24.8. The van der Waals surface area contributed by atoms with Crippen molar-refractivity contribution in [2.24, 2.45) is 0 Å². The summed E-state index contributed by atoms with van der Waals surface area (Å²) in [5.74, 6) is 0.413. The summed E-state index contributed by atoms with van der Waals surface area (Å²) in [6, 6.07) is 17.0. The lowest BCUT2D eigenvalue weighted by atomic mass is 10.1. The molecule has 0 aliphatic rings. The van der Waals surface area contributed by atoms with E-state index in [-0.39, 0.29) is 18.0 Å². The Morgan fingerprint density at radius 1 is 1.06 bits per heavy atom. The van der Waals surface area contributed by atoms with Crippen molar-refractivity contribution < 1.29 is 19.1 Å². The summed E-state index contributed by atoms with van der Waals surface area (Å²) in [6.07, 6.45) is 4.44. The second-order valence-electron chi connectivity index (χ2n) is 7.68. The second kappa shape index (κ2) is 10.6. The second-order valence-corrected chi connectivity index (χ2v) is 7.68. The van der Waals surface area contributed by atoms with Gasteiger partial charge in [-0.05, 0) is 62.2 Å². The van der Waals surface area contributed by atoms with Gasteiger partial charge in [0.2, 0.25) is 5.91 Å². The Labute approximate surface area is 203 Å². The lowest BCUT2D eigenvalue weighted by Crippen LogP contribution is -2.16. The minimum atomic E-state index is -0.581. The van der Waals surface area contributed by atoms with Gasteiger partial charge in [0.25, 0.3) is 0 Å². The van der Waals surface area contributed by atoms with E-state index in [0.717, 1.165) is 27.8 Å². The van der Waals surface area contributed by atoms with Crippen LogP contribution in [0.15, 0.2) is 66.9 Å². The summed E-state index contributed by atoms with van der Waals surface area (Å²) in [7, 11) is 0. The molecule has 4 aromatic rings. The number of esters is 1. The number of fused-ring (bicyclic) bond motifs is 1. The number of para-hydroxylation sites is 1. The highest BCUT2D eigenvalue weighted by Gasteiger charge is 2.22. The van der Waals surface area contributed by atoms with Crippen LogP contribution in [0.3, 0.4) is 0 Å². The average Bonchev–Trinajstić information content (AvgIpc) is 3.27. The van der Waals surface area contributed by atoms with Gasteiger partial charge < -0.3 is 14.8 Å². The maximum atomic E-state index is 12.8. The third kappa shape index (κ3) is 5.38. The lowest BCUT2D eigenvalue weighted by Gasteiger charge is -2.11. The molecule has 2 aromatic carbocycles. The Balaban J connectivity index is 1.65. The molecule has 0 fully saturated rings. The first-order valence-corrected chi connectivity index (χ1v) is 11.3. The van der Waals surface area contributed by atoms with Crippen molar-refractivity contribution in [3.8, 4) is 11.6 Å². The number of hydrogen-bond donors (Lipinski definition) is 1. The number of carbonyl (C=O) groups excluding carboxylic acids is 2.